The predicted octanol–water partition coefficient (Wildman–Crippen LogP) is 5.66. The summed E-state index contributed by atoms with van der Waals surface area (Å²) in [5, 5.41) is 4.56. The molecule has 228 valence electrons. The molecule has 0 unspecified atom stereocenters. The average molecular weight is 631 g/mol. The normalized spacial score (nSPS) is 20.2. The quantitative estimate of drug-likeness (QED) is 0.235. The van der Waals surface area contributed by atoms with E-state index in [1.165, 1.54) is 18.6 Å². The molecule has 2 heterocycles. The van der Waals surface area contributed by atoms with Crippen molar-refractivity contribution in [2.75, 3.05) is 13.1 Å². The largest absolute Gasteiger partial charge is 0.490 e. The number of rotatable bonds is 9. The second kappa shape index (κ2) is 12.6. The Hall–Kier alpha value is -2.96. The molecule has 7 nitrogen and oxygen atoms in total. The summed E-state index contributed by atoms with van der Waals surface area (Å²) in [6.45, 7) is 1.26. The van der Waals surface area contributed by atoms with Crippen molar-refractivity contribution in [2.24, 2.45) is 0 Å². The zero-order valence-corrected chi connectivity index (χ0v) is 25.2. The maximum atomic E-state index is 13.8. The van der Waals surface area contributed by atoms with E-state index in [0.717, 1.165) is 41.3 Å². The number of fused-ring (bicyclic) bond motifs is 1. The van der Waals surface area contributed by atoms with Gasteiger partial charge in [0, 0.05) is 42.1 Å². The van der Waals surface area contributed by atoms with Crippen LogP contribution in [0, 0.1) is 0 Å². The molecule has 3 aliphatic rings. The molecule has 6 rings (SSSR count). The van der Waals surface area contributed by atoms with Gasteiger partial charge in [0.1, 0.15) is 11.9 Å². The number of hydrogen-bond donors (Lipinski definition) is 2. The number of carbonyl (C=O) groups excluding carboxylic acids is 1. The van der Waals surface area contributed by atoms with Crippen LogP contribution in [0.3, 0.4) is 0 Å². The van der Waals surface area contributed by atoms with Crippen LogP contribution in [0.2, 0.25) is 0 Å². The average Bonchev–Trinajstić information content (AvgIpc) is 2.94. The second-order valence-electron chi connectivity index (χ2n) is 11.3. The lowest BCUT2D eigenvalue weighted by Gasteiger charge is -2.36. The summed E-state index contributed by atoms with van der Waals surface area (Å²) < 4.78 is 45.7. The van der Waals surface area contributed by atoms with Crippen molar-refractivity contribution in [1.82, 2.24) is 19.8 Å². The summed E-state index contributed by atoms with van der Waals surface area (Å²) in [6.07, 6.45) is 1.28. The van der Waals surface area contributed by atoms with Gasteiger partial charge in [0.15, 0.2) is 5.16 Å². The molecule has 1 aliphatic heterocycles. The molecule has 0 atom stereocenters. The third kappa shape index (κ3) is 6.91. The number of halogens is 3. The maximum absolute atomic E-state index is 13.8. The van der Waals surface area contributed by atoms with E-state index in [1.807, 2.05) is 24.3 Å². The lowest BCUT2D eigenvalue weighted by molar-refractivity contribution is -0.137. The van der Waals surface area contributed by atoms with Crippen LogP contribution in [0.25, 0.3) is 5.69 Å². The number of ether oxygens (including phenoxy) is 1. The summed E-state index contributed by atoms with van der Waals surface area (Å²) in [4.78, 5) is 34.4. The molecule has 3 aromatic rings. The zero-order valence-electron chi connectivity index (χ0n) is 23.5. The number of aromatic nitrogens is 2. The van der Waals surface area contributed by atoms with Gasteiger partial charge in [-0.1, -0.05) is 18.2 Å². The van der Waals surface area contributed by atoms with E-state index in [2.05, 4.69) is 17.9 Å². The SMILES string of the molecule is O=C(CCNC1CC(Oc2ccc(C(F)(F)F)cc2)C1)N1CCc2nc(SC3CCC3)n(-c3ccc(S)cc3)c(=O)c2C1. The Morgan fingerprint density at radius 1 is 1.09 bits per heavy atom. The number of hydrogen-bond acceptors (Lipinski definition) is 7. The van der Waals surface area contributed by atoms with E-state index in [1.54, 1.807) is 21.2 Å². The number of alkyl halides is 3. The zero-order chi connectivity index (χ0) is 30.1. The summed E-state index contributed by atoms with van der Waals surface area (Å²) in [7, 11) is 0. The molecule has 2 fully saturated rings. The molecule has 1 aromatic heterocycles. The van der Waals surface area contributed by atoms with Crippen LogP contribution in [0.5, 0.6) is 5.75 Å². The first-order chi connectivity index (χ1) is 20.6. The minimum absolute atomic E-state index is 0.0201. The standard InChI is InChI=1S/C31H33F3N4O3S2/c32-31(33,34)19-4-8-22(9-5-19)41-23-16-20(17-23)35-14-12-28(39)37-15-13-27-26(18-37)29(40)38(21-6-10-24(42)11-7-21)30(36-27)43-25-2-1-3-25/h4-11,20,23,25,35,42H,1-3,12-18H2. The number of amides is 1. The summed E-state index contributed by atoms with van der Waals surface area (Å²) in [6, 6.07) is 12.4. The molecule has 0 saturated heterocycles. The number of nitrogens with one attached hydrogen (secondary N) is 1. The molecule has 0 radical (unpaired) electrons. The Labute approximate surface area is 257 Å². The van der Waals surface area contributed by atoms with Gasteiger partial charge in [-0.3, -0.25) is 14.2 Å². The first kappa shape index (κ1) is 30.1. The van der Waals surface area contributed by atoms with Crippen molar-refractivity contribution >= 4 is 30.3 Å². The third-order valence-corrected chi connectivity index (χ3v) is 9.92. The van der Waals surface area contributed by atoms with Gasteiger partial charge >= 0.3 is 6.18 Å². The van der Waals surface area contributed by atoms with Gasteiger partial charge in [-0.15, -0.1) is 12.6 Å². The highest BCUT2D eigenvalue weighted by atomic mass is 32.2. The molecular weight excluding hydrogens is 597 g/mol. The lowest BCUT2D eigenvalue weighted by Crippen LogP contribution is -2.48. The van der Waals surface area contributed by atoms with Crippen molar-refractivity contribution in [3.63, 3.8) is 0 Å². The Morgan fingerprint density at radius 2 is 1.81 bits per heavy atom. The van der Waals surface area contributed by atoms with Crippen LogP contribution in [-0.4, -0.2) is 50.8 Å². The van der Waals surface area contributed by atoms with Crippen molar-refractivity contribution in [3.05, 3.63) is 75.7 Å². The van der Waals surface area contributed by atoms with E-state index in [9.17, 15) is 22.8 Å². The van der Waals surface area contributed by atoms with Crippen molar-refractivity contribution < 1.29 is 22.7 Å². The Morgan fingerprint density at radius 3 is 2.47 bits per heavy atom. The Bertz CT molecular complexity index is 1520. The topological polar surface area (TPSA) is 76.5 Å². The van der Waals surface area contributed by atoms with E-state index < -0.39 is 11.7 Å². The van der Waals surface area contributed by atoms with E-state index in [-0.39, 0.29) is 30.2 Å². The smallest absolute Gasteiger partial charge is 0.416 e. The molecular formula is C31H33F3N4O3S2. The van der Waals surface area contributed by atoms with Crippen LogP contribution in [-0.2, 0) is 23.9 Å². The highest BCUT2D eigenvalue weighted by Gasteiger charge is 2.33. The fraction of sp³-hybridized carbons (Fsp3) is 0.452. The molecule has 1 N–H and O–H groups in total. The van der Waals surface area contributed by atoms with E-state index in [4.69, 9.17) is 9.72 Å². The summed E-state index contributed by atoms with van der Waals surface area (Å²) in [5.41, 5.74) is 1.27. The van der Waals surface area contributed by atoms with Gasteiger partial charge < -0.3 is 15.0 Å². The molecule has 12 heteroatoms. The molecule has 0 bridgehead atoms. The van der Waals surface area contributed by atoms with Gasteiger partial charge in [-0.25, -0.2) is 4.98 Å². The first-order valence-electron chi connectivity index (χ1n) is 14.6. The van der Waals surface area contributed by atoms with Gasteiger partial charge in [-0.2, -0.15) is 13.2 Å². The number of thiol groups is 1. The van der Waals surface area contributed by atoms with Gasteiger partial charge in [0.2, 0.25) is 5.91 Å². The van der Waals surface area contributed by atoms with Crippen LogP contribution < -0.4 is 15.6 Å². The maximum Gasteiger partial charge on any atom is 0.416 e. The van der Waals surface area contributed by atoms with E-state index >= 15 is 0 Å². The number of thioether (sulfide) groups is 1. The minimum Gasteiger partial charge on any atom is -0.490 e. The van der Waals surface area contributed by atoms with Crippen molar-refractivity contribution in [3.8, 4) is 11.4 Å². The predicted molar refractivity (Wildman–Crippen MR) is 161 cm³/mol. The molecule has 1 amide bonds. The van der Waals surface area contributed by atoms with Crippen molar-refractivity contribution in [2.45, 2.75) is 85.1 Å². The Balaban J connectivity index is 1.02. The molecule has 2 aliphatic carbocycles. The summed E-state index contributed by atoms with van der Waals surface area (Å²) in [5.74, 6) is 0.395. The van der Waals surface area contributed by atoms with Crippen LogP contribution >= 0.6 is 24.4 Å². The Kier molecular flexibility index (Phi) is 8.79. The van der Waals surface area contributed by atoms with Crippen LogP contribution in [0.1, 0.15) is 55.3 Å². The fourth-order valence-electron chi connectivity index (χ4n) is 5.50. The van der Waals surface area contributed by atoms with Gasteiger partial charge in [0.25, 0.3) is 5.56 Å². The second-order valence-corrected chi connectivity index (χ2v) is 13.1. The third-order valence-electron chi connectivity index (χ3n) is 8.33. The highest BCUT2D eigenvalue weighted by molar-refractivity contribution is 7.99. The molecule has 2 aromatic carbocycles. The van der Waals surface area contributed by atoms with Crippen LogP contribution in [0.15, 0.2) is 63.4 Å². The first-order valence-corrected chi connectivity index (χ1v) is 15.9. The monoisotopic (exact) mass is 630 g/mol. The fourth-order valence-corrected chi connectivity index (χ4v) is 6.97. The number of benzene rings is 2. The molecule has 0 spiro atoms. The van der Waals surface area contributed by atoms with E-state index in [0.29, 0.717) is 60.5 Å². The van der Waals surface area contributed by atoms with Crippen molar-refractivity contribution in [1.29, 1.82) is 0 Å². The molecule has 43 heavy (non-hydrogen) atoms. The number of carbonyl (C=O) groups is 1. The minimum atomic E-state index is -4.37. The molecule has 2 saturated carbocycles. The van der Waals surface area contributed by atoms with Gasteiger partial charge in [0.05, 0.1) is 29.1 Å². The summed E-state index contributed by atoms with van der Waals surface area (Å²) >= 11 is 6.05. The van der Waals surface area contributed by atoms with Crippen LogP contribution in [0.4, 0.5) is 13.2 Å². The number of nitrogens with zero attached hydrogens (tertiary/aromatic N) is 3. The van der Waals surface area contributed by atoms with Gasteiger partial charge in [-0.05, 0) is 74.2 Å². The lowest BCUT2D eigenvalue weighted by atomic mass is 9.89. The highest BCUT2D eigenvalue weighted by Crippen LogP contribution is 2.37.